The number of hydrogen-bond acceptors (Lipinski definition) is 2. The van der Waals surface area contributed by atoms with Crippen LogP contribution in [0.5, 0.6) is 0 Å². The molecule has 2 fully saturated rings. The molecule has 0 aromatic rings. The molecule has 0 radical (unpaired) electrons. The summed E-state index contributed by atoms with van der Waals surface area (Å²) in [7, 11) is 0. The van der Waals surface area contributed by atoms with Gasteiger partial charge in [-0.15, -0.1) is 0 Å². The van der Waals surface area contributed by atoms with Gasteiger partial charge in [0.1, 0.15) is 11.2 Å². The Bertz CT molecular complexity index is 455. The fourth-order valence-corrected chi connectivity index (χ4v) is 4.27. The molecule has 0 aromatic heterocycles. The lowest BCUT2D eigenvalue weighted by Crippen LogP contribution is -2.50. The molecule has 2 rings (SSSR count). The maximum absolute atomic E-state index is 12.6. The van der Waals surface area contributed by atoms with Gasteiger partial charge in [-0.05, 0) is 56.3 Å². The first-order valence-electron chi connectivity index (χ1n) is 8.06. The Hall–Kier alpha value is -1.00. The molecule has 2 saturated carbocycles. The van der Waals surface area contributed by atoms with E-state index in [2.05, 4.69) is 20.4 Å². The molecule has 2 nitrogen and oxygen atoms in total. The summed E-state index contributed by atoms with van der Waals surface area (Å²) in [6, 6.07) is 0. The summed E-state index contributed by atoms with van der Waals surface area (Å²) in [6.07, 6.45) is 0.0405. The molecule has 22 heavy (non-hydrogen) atoms. The SMILES string of the molecule is C=C(C(=O)OC1(C)CC(C)C2CC(CC)CC1C2)C(F)(F)F. The van der Waals surface area contributed by atoms with Crippen molar-refractivity contribution in [3.63, 3.8) is 0 Å². The Kier molecular flexibility index (Phi) is 4.65. The highest BCUT2D eigenvalue weighted by molar-refractivity contribution is 5.89. The van der Waals surface area contributed by atoms with Gasteiger partial charge in [0.2, 0.25) is 0 Å². The molecule has 0 heterocycles. The third kappa shape index (κ3) is 3.33. The second-order valence-corrected chi connectivity index (χ2v) is 7.30. The summed E-state index contributed by atoms with van der Waals surface area (Å²) >= 11 is 0. The van der Waals surface area contributed by atoms with Crippen LogP contribution in [-0.4, -0.2) is 17.7 Å². The fraction of sp³-hybridized carbons (Fsp3) is 0.824. The Morgan fingerprint density at radius 1 is 1.32 bits per heavy atom. The molecule has 126 valence electrons. The fourth-order valence-electron chi connectivity index (χ4n) is 4.27. The number of esters is 1. The Morgan fingerprint density at radius 3 is 2.50 bits per heavy atom. The quantitative estimate of drug-likeness (QED) is 0.547. The van der Waals surface area contributed by atoms with Gasteiger partial charge in [0.15, 0.2) is 0 Å². The van der Waals surface area contributed by atoms with Gasteiger partial charge in [0.05, 0.1) is 0 Å². The minimum atomic E-state index is -4.73. The minimum absolute atomic E-state index is 0.150. The van der Waals surface area contributed by atoms with Crippen molar-refractivity contribution in [1.29, 1.82) is 0 Å². The lowest BCUT2D eigenvalue weighted by molar-refractivity contribution is -0.181. The van der Waals surface area contributed by atoms with Crippen molar-refractivity contribution >= 4 is 5.97 Å². The number of halogens is 3. The highest BCUT2D eigenvalue weighted by Crippen LogP contribution is 2.52. The first-order chi connectivity index (χ1) is 10.1. The van der Waals surface area contributed by atoms with Gasteiger partial charge < -0.3 is 4.74 Å². The van der Waals surface area contributed by atoms with Crippen LogP contribution in [0.2, 0.25) is 0 Å². The zero-order valence-corrected chi connectivity index (χ0v) is 13.5. The third-order valence-corrected chi connectivity index (χ3v) is 5.73. The van der Waals surface area contributed by atoms with Crippen LogP contribution >= 0.6 is 0 Å². The van der Waals surface area contributed by atoms with Crippen molar-refractivity contribution in [3.05, 3.63) is 12.2 Å². The number of carbonyl (C=O) groups is 1. The highest BCUT2D eigenvalue weighted by Gasteiger charge is 2.50. The number of fused-ring (bicyclic) bond motifs is 2. The molecule has 0 saturated heterocycles. The molecular weight excluding hydrogens is 293 g/mol. The molecule has 0 aliphatic heterocycles. The Balaban J connectivity index is 2.14. The van der Waals surface area contributed by atoms with Crippen LogP contribution in [0, 0.1) is 23.7 Å². The molecule has 0 aromatic carbocycles. The van der Waals surface area contributed by atoms with Crippen molar-refractivity contribution in [3.8, 4) is 0 Å². The van der Waals surface area contributed by atoms with Crippen molar-refractivity contribution in [2.75, 3.05) is 0 Å². The molecule has 0 N–H and O–H groups in total. The molecule has 2 bridgehead atoms. The molecule has 0 amide bonds. The lowest BCUT2D eigenvalue weighted by Gasteiger charge is -2.51. The van der Waals surface area contributed by atoms with Crippen LogP contribution in [0.4, 0.5) is 13.2 Å². The lowest BCUT2D eigenvalue weighted by atomic mass is 9.58. The molecular formula is C17H25F3O2. The predicted octanol–water partition coefficient (Wildman–Crippen LogP) is 4.89. The first-order valence-corrected chi connectivity index (χ1v) is 8.06. The van der Waals surface area contributed by atoms with Crippen LogP contribution in [0.1, 0.15) is 52.9 Å². The summed E-state index contributed by atoms with van der Waals surface area (Å²) in [5, 5.41) is 0. The van der Waals surface area contributed by atoms with E-state index in [-0.39, 0.29) is 5.92 Å². The van der Waals surface area contributed by atoms with Crippen molar-refractivity contribution < 1.29 is 22.7 Å². The van der Waals surface area contributed by atoms with E-state index in [4.69, 9.17) is 4.74 Å². The molecule has 5 atom stereocenters. The average molecular weight is 318 g/mol. The normalized spacial score (nSPS) is 38.5. The smallest absolute Gasteiger partial charge is 0.422 e. The minimum Gasteiger partial charge on any atom is -0.455 e. The van der Waals surface area contributed by atoms with E-state index in [1.54, 1.807) is 6.92 Å². The van der Waals surface area contributed by atoms with Crippen LogP contribution < -0.4 is 0 Å². The van der Waals surface area contributed by atoms with Gasteiger partial charge in [-0.1, -0.05) is 26.8 Å². The monoisotopic (exact) mass is 318 g/mol. The van der Waals surface area contributed by atoms with E-state index in [1.165, 1.54) is 6.42 Å². The van der Waals surface area contributed by atoms with Gasteiger partial charge in [-0.2, -0.15) is 13.2 Å². The summed E-state index contributed by atoms with van der Waals surface area (Å²) in [6.45, 7) is 8.91. The maximum atomic E-state index is 12.6. The third-order valence-electron chi connectivity index (χ3n) is 5.73. The van der Waals surface area contributed by atoms with E-state index in [0.717, 1.165) is 19.3 Å². The van der Waals surface area contributed by atoms with Crippen molar-refractivity contribution in [2.24, 2.45) is 23.7 Å². The Morgan fingerprint density at radius 2 is 1.95 bits per heavy atom. The van der Waals surface area contributed by atoms with Crippen LogP contribution in [0.3, 0.4) is 0 Å². The molecule has 5 unspecified atom stereocenters. The maximum Gasteiger partial charge on any atom is 0.422 e. The van der Waals surface area contributed by atoms with E-state index in [9.17, 15) is 18.0 Å². The topological polar surface area (TPSA) is 26.3 Å². The molecule has 5 heteroatoms. The number of rotatable bonds is 3. The first kappa shape index (κ1) is 17.4. The summed E-state index contributed by atoms with van der Waals surface area (Å²) in [5.74, 6) is 0.371. The van der Waals surface area contributed by atoms with Gasteiger partial charge in [0, 0.05) is 0 Å². The summed E-state index contributed by atoms with van der Waals surface area (Å²) in [5.41, 5.74) is -2.22. The van der Waals surface area contributed by atoms with Crippen LogP contribution in [0.15, 0.2) is 12.2 Å². The predicted molar refractivity (Wildman–Crippen MR) is 78.1 cm³/mol. The van der Waals surface area contributed by atoms with E-state index in [0.29, 0.717) is 24.2 Å². The van der Waals surface area contributed by atoms with Crippen molar-refractivity contribution in [2.45, 2.75) is 64.7 Å². The van der Waals surface area contributed by atoms with E-state index in [1.807, 2.05) is 0 Å². The zero-order valence-electron chi connectivity index (χ0n) is 13.5. The number of hydrogen-bond donors (Lipinski definition) is 0. The number of alkyl halides is 3. The molecule has 0 spiro atoms. The van der Waals surface area contributed by atoms with Crippen LogP contribution in [0.25, 0.3) is 0 Å². The summed E-state index contributed by atoms with van der Waals surface area (Å²) in [4.78, 5) is 11.8. The van der Waals surface area contributed by atoms with Gasteiger partial charge in [-0.25, -0.2) is 4.79 Å². The van der Waals surface area contributed by atoms with Crippen LogP contribution in [-0.2, 0) is 9.53 Å². The van der Waals surface area contributed by atoms with Gasteiger partial charge in [0.25, 0.3) is 0 Å². The second kappa shape index (κ2) is 5.89. The molecule has 2 aliphatic carbocycles. The molecule has 2 aliphatic rings. The largest absolute Gasteiger partial charge is 0.455 e. The Labute approximate surface area is 130 Å². The number of carbonyl (C=O) groups excluding carboxylic acids is 1. The van der Waals surface area contributed by atoms with Gasteiger partial charge in [-0.3, -0.25) is 0 Å². The average Bonchev–Trinajstić information content (AvgIpc) is 2.43. The van der Waals surface area contributed by atoms with Crippen molar-refractivity contribution in [1.82, 2.24) is 0 Å². The zero-order chi connectivity index (χ0) is 16.7. The second-order valence-electron chi connectivity index (χ2n) is 7.30. The van der Waals surface area contributed by atoms with Gasteiger partial charge >= 0.3 is 12.1 Å². The number of ether oxygens (including phenoxy) is 1. The van der Waals surface area contributed by atoms with E-state index >= 15 is 0 Å². The summed E-state index contributed by atoms with van der Waals surface area (Å²) < 4.78 is 43.2. The van der Waals surface area contributed by atoms with E-state index < -0.39 is 23.3 Å². The highest BCUT2D eigenvalue weighted by atomic mass is 19.4. The standard InChI is InChI=1S/C17H25F3O2/c1-5-12-6-13-8-14(7-12)16(4,9-10(13)2)22-15(21)11(3)17(18,19)20/h10,12-14H,3,5-9H2,1-2,4H3.